The van der Waals surface area contributed by atoms with E-state index in [1.165, 1.54) is 46.5 Å². The molecule has 4 atom stereocenters. The third-order valence-corrected chi connectivity index (χ3v) is 28.0. The van der Waals surface area contributed by atoms with Gasteiger partial charge >= 0.3 is 0 Å². The van der Waals surface area contributed by atoms with E-state index in [9.17, 15) is 36.7 Å². The van der Waals surface area contributed by atoms with Crippen LogP contribution in [0.25, 0.3) is 43.6 Å². The van der Waals surface area contributed by atoms with Crippen LogP contribution in [0.15, 0.2) is 219 Å². The minimum atomic E-state index is -0.211. The Morgan fingerprint density at radius 2 is 0.458 bits per heavy atom. The average molecular weight is 1700 g/mol. The molecular weight excluding hydrogens is 1590 g/mol. The standard InChI is InChI=1S/4C26H27ClFNO/c4*1-2-17(15-26(30)20-7-9-21(27)10-8-20)18-3-5-19(6-4-18)23-13-14-29-25-12-11-22(28)16-24(23)25/h4*7-14,16-19H,2-6,15H2,1H3/t4*17-,18?,19?/m1100/s1. The Balaban J connectivity index is 0.000000138. The van der Waals surface area contributed by atoms with Gasteiger partial charge in [0.1, 0.15) is 23.3 Å². The van der Waals surface area contributed by atoms with Crippen LogP contribution in [-0.4, -0.2) is 43.1 Å². The molecule has 4 aliphatic rings. The molecule has 0 saturated heterocycles. The first-order chi connectivity index (χ1) is 58.2. The van der Waals surface area contributed by atoms with Gasteiger partial charge in [-0.2, -0.15) is 0 Å². The van der Waals surface area contributed by atoms with Crippen molar-refractivity contribution >= 4 is 113 Å². The third-order valence-electron chi connectivity index (χ3n) is 27.0. The lowest BCUT2D eigenvalue weighted by molar-refractivity contribution is 0.0918. The molecule has 0 bridgehead atoms. The van der Waals surface area contributed by atoms with E-state index >= 15 is 0 Å². The maximum atomic E-state index is 13.8. The molecule has 0 aliphatic heterocycles. The molecule has 0 N–H and O–H groups in total. The molecule has 0 amide bonds. The molecule has 4 aliphatic carbocycles. The zero-order valence-corrected chi connectivity index (χ0v) is 72.2. The largest absolute Gasteiger partial charge is 0.294 e. The summed E-state index contributed by atoms with van der Waals surface area (Å²) in [4.78, 5) is 68.5. The summed E-state index contributed by atoms with van der Waals surface area (Å²) in [7, 11) is 0. The highest BCUT2D eigenvalue weighted by molar-refractivity contribution is 6.31. The molecule has 12 aromatic rings. The Hall–Kier alpha value is -9.04. The van der Waals surface area contributed by atoms with Gasteiger partial charge in [0.05, 0.1) is 22.1 Å². The predicted molar refractivity (Wildman–Crippen MR) is 482 cm³/mol. The van der Waals surface area contributed by atoms with Crippen molar-refractivity contribution in [3.63, 3.8) is 0 Å². The van der Waals surface area contributed by atoms with Crippen LogP contribution >= 0.6 is 46.4 Å². The lowest BCUT2D eigenvalue weighted by atomic mass is 9.71. The van der Waals surface area contributed by atoms with E-state index in [1.54, 1.807) is 97.1 Å². The molecule has 8 aromatic carbocycles. The number of pyridine rings is 4. The van der Waals surface area contributed by atoms with Gasteiger partial charge in [0.25, 0.3) is 0 Å². The number of aromatic nitrogens is 4. The van der Waals surface area contributed by atoms with Crippen molar-refractivity contribution in [3.05, 3.63) is 307 Å². The zero-order chi connectivity index (χ0) is 84.3. The summed E-state index contributed by atoms with van der Waals surface area (Å²) in [6.45, 7) is 8.74. The maximum absolute atomic E-state index is 13.8. The molecule has 0 spiro atoms. The number of rotatable bonds is 24. The van der Waals surface area contributed by atoms with E-state index < -0.39 is 0 Å². The fourth-order valence-corrected chi connectivity index (χ4v) is 20.6. The van der Waals surface area contributed by atoms with Gasteiger partial charge in [0.15, 0.2) is 23.1 Å². The van der Waals surface area contributed by atoms with Crippen LogP contribution in [-0.2, 0) is 0 Å². The summed E-state index contributed by atoms with van der Waals surface area (Å²) >= 11 is 23.8. The second-order valence-electron chi connectivity index (χ2n) is 33.9. The van der Waals surface area contributed by atoms with E-state index in [1.807, 2.05) is 97.6 Å². The quantitative estimate of drug-likeness (QED) is 0.0433. The monoisotopic (exact) mass is 1690 g/mol. The fraction of sp³-hybridized carbons (Fsp3) is 0.385. The molecule has 4 saturated carbocycles. The Kier molecular flexibility index (Phi) is 31.5. The zero-order valence-electron chi connectivity index (χ0n) is 69.1. The number of halogens is 8. The van der Waals surface area contributed by atoms with Crippen LogP contribution in [0, 0.1) is 70.6 Å². The van der Waals surface area contributed by atoms with Gasteiger partial charge in [0, 0.05) is 114 Å². The van der Waals surface area contributed by atoms with E-state index in [-0.39, 0.29) is 46.4 Å². The van der Waals surface area contributed by atoms with Crippen molar-refractivity contribution < 1.29 is 36.7 Å². The van der Waals surface area contributed by atoms with Crippen molar-refractivity contribution in [3.8, 4) is 0 Å². The topological polar surface area (TPSA) is 120 Å². The van der Waals surface area contributed by atoms with Crippen molar-refractivity contribution in [1.29, 1.82) is 0 Å². The number of carbonyl (C=O) groups is 4. The minimum absolute atomic E-state index is 0.205. The fourth-order valence-electron chi connectivity index (χ4n) is 20.1. The highest BCUT2D eigenvalue weighted by Crippen LogP contribution is 2.48. The Morgan fingerprint density at radius 1 is 0.275 bits per heavy atom. The molecule has 16 rings (SSSR count). The molecule has 4 fully saturated rings. The molecule has 8 nitrogen and oxygen atoms in total. The summed E-state index contributed by atoms with van der Waals surface area (Å²) in [5.74, 6) is 5.55. The van der Waals surface area contributed by atoms with E-state index in [0.29, 0.717) is 117 Å². The van der Waals surface area contributed by atoms with Gasteiger partial charge in [-0.25, -0.2) is 17.6 Å². The SMILES string of the molecule is CC[C@@H](CC(=O)c1ccc(Cl)cc1)C1CCC(c2ccnc3ccc(F)cc23)CC1.CC[C@@H](CC(=O)c1ccc(Cl)cc1)C1CCC(c2ccnc3ccc(F)cc23)CC1.CC[C@H](CC(=O)c1ccc(Cl)cc1)C1CCC(c2ccnc3ccc(F)cc23)CC1.CC[C@H](CC(=O)c1ccc(Cl)cc1)C1CCC(c2ccnc3ccc(F)cc23)CC1. The lowest BCUT2D eigenvalue weighted by Gasteiger charge is -2.34. The van der Waals surface area contributed by atoms with E-state index in [2.05, 4.69) is 47.6 Å². The van der Waals surface area contributed by atoms with Crippen LogP contribution < -0.4 is 0 Å². The van der Waals surface area contributed by atoms with Crippen molar-refractivity contribution in [2.24, 2.45) is 47.3 Å². The van der Waals surface area contributed by atoms with Gasteiger partial charge in [-0.15, -0.1) is 0 Å². The molecular formula is C104H108Cl4F4N4O4. The van der Waals surface area contributed by atoms with Crippen molar-refractivity contribution in [1.82, 2.24) is 19.9 Å². The summed E-state index contributed by atoms with van der Waals surface area (Å²) in [6, 6.07) is 56.4. The predicted octanol–water partition coefficient (Wildman–Crippen LogP) is 30.4. The number of hydrogen-bond donors (Lipinski definition) is 0. The average Bonchev–Trinajstić information content (AvgIpc) is 0.806. The second kappa shape index (κ2) is 42.6. The number of ketones is 4. The number of nitrogens with zero attached hydrogens (tertiary/aromatic N) is 4. The van der Waals surface area contributed by atoms with Gasteiger partial charge < -0.3 is 0 Å². The highest BCUT2D eigenvalue weighted by Gasteiger charge is 2.35. The number of Topliss-reactive ketones (excluding diaryl/α,β-unsaturated/α-hetero) is 4. The Bertz CT molecular complexity index is 4770. The number of hydrogen-bond acceptors (Lipinski definition) is 8. The second-order valence-corrected chi connectivity index (χ2v) is 35.6. The summed E-state index contributed by atoms with van der Waals surface area (Å²) in [5.41, 5.74) is 11.3. The number of fused-ring (bicyclic) bond motifs is 4. The van der Waals surface area contributed by atoms with Crippen LogP contribution in [0.5, 0.6) is 0 Å². The van der Waals surface area contributed by atoms with E-state index in [0.717, 1.165) is 194 Å². The van der Waals surface area contributed by atoms with Gasteiger partial charge in [0.2, 0.25) is 0 Å². The molecule has 0 radical (unpaired) electrons. The van der Waals surface area contributed by atoms with Crippen LogP contribution in [0.3, 0.4) is 0 Å². The van der Waals surface area contributed by atoms with Gasteiger partial charge in [-0.3, -0.25) is 39.1 Å². The van der Waals surface area contributed by atoms with Gasteiger partial charge in [-0.1, -0.05) is 99.8 Å². The van der Waals surface area contributed by atoms with Crippen LogP contribution in [0.4, 0.5) is 17.6 Å². The summed E-state index contributed by atoms with van der Waals surface area (Å²) < 4.78 is 55.3. The first kappa shape index (κ1) is 88.7. The summed E-state index contributed by atoms with van der Waals surface area (Å²) in [6.07, 6.45) is 31.2. The van der Waals surface area contributed by atoms with Crippen molar-refractivity contribution in [2.45, 2.75) is 205 Å². The lowest BCUT2D eigenvalue weighted by Crippen LogP contribution is -2.23. The third kappa shape index (κ3) is 23.0. The number of benzene rings is 8. The first-order valence-electron chi connectivity index (χ1n) is 43.5. The number of carbonyl (C=O) groups excluding carboxylic acids is 4. The smallest absolute Gasteiger partial charge is 0.163 e. The van der Waals surface area contributed by atoms with Crippen molar-refractivity contribution in [2.75, 3.05) is 0 Å². The first-order valence-corrected chi connectivity index (χ1v) is 45.0. The highest BCUT2D eigenvalue weighted by atomic mass is 35.5. The Labute approximate surface area is 724 Å². The molecule has 16 heteroatoms. The van der Waals surface area contributed by atoms with E-state index in [4.69, 9.17) is 46.4 Å². The Morgan fingerprint density at radius 3 is 0.633 bits per heavy atom. The molecule has 120 heavy (non-hydrogen) atoms. The maximum Gasteiger partial charge on any atom is 0.163 e. The summed E-state index contributed by atoms with van der Waals surface area (Å²) in [5, 5.41) is 6.36. The normalized spacial score (nSPS) is 20.2. The minimum Gasteiger partial charge on any atom is -0.294 e. The molecule has 0 unspecified atom stereocenters. The molecule has 4 heterocycles. The molecule has 624 valence electrons. The molecule has 4 aromatic heterocycles. The van der Waals surface area contributed by atoms with Gasteiger partial charge in [-0.05, 0) is 390 Å². The van der Waals surface area contributed by atoms with Crippen LogP contribution in [0.2, 0.25) is 20.1 Å². The van der Waals surface area contributed by atoms with Crippen LogP contribution in [0.1, 0.15) is 269 Å².